The van der Waals surface area contributed by atoms with Crippen LogP contribution in [0.1, 0.15) is 52.4 Å². The Morgan fingerprint density at radius 1 is 1.20 bits per heavy atom. The molecule has 0 aliphatic heterocycles. The summed E-state index contributed by atoms with van der Waals surface area (Å²) in [7, 11) is 1.83. The molecule has 1 fully saturated rings. The molecule has 1 saturated carbocycles. The number of nitrogens with zero attached hydrogens (tertiary/aromatic N) is 1. The third-order valence-electron chi connectivity index (χ3n) is 4.20. The van der Waals surface area contributed by atoms with Crippen LogP contribution in [-0.2, 0) is 4.74 Å². The van der Waals surface area contributed by atoms with Crippen LogP contribution in [0.25, 0.3) is 0 Å². The number of aliphatic imine (C=N–C) groups is 1. The van der Waals surface area contributed by atoms with Crippen LogP contribution in [0.4, 0.5) is 0 Å². The molecule has 120 valence electrons. The van der Waals surface area contributed by atoms with Gasteiger partial charge in [0.05, 0.1) is 6.61 Å². The Morgan fingerprint density at radius 2 is 1.95 bits per heavy atom. The molecule has 2 N–H and O–H groups in total. The van der Waals surface area contributed by atoms with Gasteiger partial charge in [0.15, 0.2) is 5.96 Å². The number of nitrogens with one attached hydrogen (secondary N) is 2. The van der Waals surface area contributed by atoms with Crippen LogP contribution < -0.4 is 10.6 Å². The highest BCUT2D eigenvalue weighted by molar-refractivity contribution is 14.0. The van der Waals surface area contributed by atoms with Gasteiger partial charge < -0.3 is 15.4 Å². The highest BCUT2D eigenvalue weighted by atomic mass is 127. The molecule has 0 radical (unpaired) electrons. The van der Waals surface area contributed by atoms with Crippen molar-refractivity contribution >= 4 is 29.9 Å². The molecule has 1 rings (SSSR count). The summed E-state index contributed by atoms with van der Waals surface area (Å²) >= 11 is 0. The van der Waals surface area contributed by atoms with E-state index in [1.54, 1.807) is 0 Å². The first-order valence-corrected chi connectivity index (χ1v) is 7.78. The number of ether oxygens (including phenoxy) is 1. The molecule has 1 aliphatic rings. The van der Waals surface area contributed by atoms with Crippen molar-refractivity contribution in [1.82, 2.24) is 10.6 Å². The van der Waals surface area contributed by atoms with Crippen molar-refractivity contribution in [2.24, 2.45) is 10.4 Å². The minimum Gasteiger partial charge on any atom is -0.380 e. The lowest BCUT2D eigenvalue weighted by atomic mass is 9.67. The molecule has 0 heterocycles. The van der Waals surface area contributed by atoms with E-state index in [0.717, 1.165) is 38.7 Å². The molecule has 0 amide bonds. The van der Waals surface area contributed by atoms with Crippen LogP contribution in [0, 0.1) is 5.41 Å². The third-order valence-corrected chi connectivity index (χ3v) is 4.20. The predicted octanol–water partition coefficient (Wildman–Crippen LogP) is 3.17. The zero-order chi connectivity index (χ0) is 14.0. The summed E-state index contributed by atoms with van der Waals surface area (Å²) in [6.45, 7) is 7.95. The van der Waals surface area contributed by atoms with E-state index in [0.29, 0.717) is 5.41 Å². The van der Waals surface area contributed by atoms with Crippen molar-refractivity contribution in [2.75, 3.05) is 33.4 Å². The van der Waals surface area contributed by atoms with Gasteiger partial charge in [0.2, 0.25) is 0 Å². The molecule has 20 heavy (non-hydrogen) atoms. The summed E-state index contributed by atoms with van der Waals surface area (Å²) in [5, 5.41) is 6.75. The summed E-state index contributed by atoms with van der Waals surface area (Å²) in [4.78, 5) is 4.26. The van der Waals surface area contributed by atoms with Crippen molar-refractivity contribution in [1.29, 1.82) is 0 Å². The van der Waals surface area contributed by atoms with Crippen LogP contribution >= 0.6 is 24.0 Å². The Balaban J connectivity index is 0.00000361. The second-order valence-electron chi connectivity index (χ2n) is 5.53. The average Bonchev–Trinajstić information content (AvgIpc) is 2.39. The van der Waals surface area contributed by atoms with E-state index in [2.05, 4.69) is 29.5 Å². The first-order valence-electron chi connectivity index (χ1n) is 7.78. The molecule has 0 aromatic carbocycles. The SMILES string of the molecule is CCCCOCCNC(=NC)NCC1(CC)CCC1.I. The van der Waals surface area contributed by atoms with Gasteiger partial charge in [-0.15, -0.1) is 24.0 Å². The predicted molar refractivity (Wildman–Crippen MR) is 97.1 cm³/mol. The number of rotatable bonds is 9. The summed E-state index contributed by atoms with van der Waals surface area (Å²) < 4.78 is 5.52. The zero-order valence-electron chi connectivity index (χ0n) is 13.3. The first-order chi connectivity index (χ1) is 9.26. The van der Waals surface area contributed by atoms with E-state index in [-0.39, 0.29) is 24.0 Å². The summed E-state index contributed by atoms with van der Waals surface area (Å²) in [5.41, 5.74) is 0.523. The van der Waals surface area contributed by atoms with E-state index in [1.807, 2.05) is 7.05 Å². The van der Waals surface area contributed by atoms with Crippen LogP contribution in [0.15, 0.2) is 4.99 Å². The van der Waals surface area contributed by atoms with Crippen molar-refractivity contribution < 1.29 is 4.74 Å². The lowest BCUT2D eigenvalue weighted by Gasteiger charge is -2.41. The lowest BCUT2D eigenvalue weighted by Crippen LogP contribution is -2.46. The van der Waals surface area contributed by atoms with Gasteiger partial charge in [-0.25, -0.2) is 0 Å². The van der Waals surface area contributed by atoms with E-state index in [1.165, 1.54) is 32.1 Å². The molecule has 0 saturated heterocycles. The zero-order valence-corrected chi connectivity index (χ0v) is 15.7. The minimum absolute atomic E-state index is 0. The average molecular weight is 397 g/mol. The normalized spacial score (nSPS) is 17.1. The molecule has 0 atom stereocenters. The summed E-state index contributed by atoms with van der Waals surface area (Å²) in [5.74, 6) is 0.902. The van der Waals surface area contributed by atoms with E-state index in [9.17, 15) is 0 Å². The van der Waals surface area contributed by atoms with E-state index < -0.39 is 0 Å². The van der Waals surface area contributed by atoms with Crippen molar-refractivity contribution in [3.05, 3.63) is 0 Å². The topological polar surface area (TPSA) is 45.6 Å². The van der Waals surface area contributed by atoms with Crippen molar-refractivity contribution in [3.8, 4) is 0 Å². The second kappa shape index (κ2) is 11.6. The smallest absolute Gasteiger partial charge is 0.191 e. The quantitative estimate of drug-likeness (QED) is 0.272. The molecule has 0 aromatic heterocycles. The van der Waals surface area contributed by atoms with Crippen molar-refractivity contribution in [2.45, 2.75) is 52.4 Å². The molecule has 1 aliphatic carbocycles. The summed E-state index contributed by atoms with van der Waals surface area (Å²) in [6.07, 6.45) is 7.69. The van der Waals surface area contributed by atoms with Gasteiger partial charge >= 0.3 is 0 Å². The summed E-state index contributed by atoms with van der Waals surface area (Å²) in [6, 6.07) is 0. The van der Waals surface area contributed by atoms with Crippen LogP contribution in [0.5, 0.6) is 0 Å². The fourth-order valence-corrected chi connectivity index (χ4v) is 2.41. The number of hydrogen-bond donors (Lipinski definition) is 2. The minimum atomic E-state index is 0. The lowest BCUT2D eigenvalue weighted by molar-refractivity contribution is 0.129. The van der Waals surface area contributed by atoms with Gasteiger partial charge in [0.25, 0.3) is 0 Å². The molecular formula is C15H32IN3O. The highest BCUT2D eigenvalue weighted by Crippen LogP contribution is 2.42. The molecular weight excluding hydrogens is 365 g/mol. The Bertz CT molecular complexity index is 262. The van der Waals surface area contributed by atoms with Crippen LogP contribution in [0.2, 0.25) is 0 Å². The van der Waals surface area contributed by atoms with Gasteiger partial charge in [-0.2, -0.15) is 0 Å². The number of hydrogen-bond acceptors (Lipinski definition) is 2. The maximum atomic E-state index is 5.52. The fourth-order valence-electron chi connectivity index (χ4n) is 2.41. The molecule has 0 unspecified atom stereocenters. The number of unbranched alkanes of at least 4 members (excludes halogenated alkanes) is 1. The highest BCUT2D eigenvalue weighted by Gasteiger charge is 2.34. The maximum absolute atomic E-state index is 5.52. The largest absolute Gasteiger partial charge is 0.380 e. The van der Waals surface area contributed by atoms with Gasteiger partial charge in [0.1, 0.15) is 0 Å². The van der Waals surface area contributed by atoms with Gasteiger partial charge in [-0.3, -0.25) is 4.99 Å². The van der Waals surface area contributed by atoms with Crippen LogP contribution in [-0.4, -0.2) is 39.3 Å². The van der Waals surface area contributed by atoms with Crippen molar-refractivity contribution in [3.63, 3.8) is 0 Å². The van der Waals surface area contributed by atoms with Gasteiger partial charge in [-0.05, 0) is 31.1 Å². The molecule has 0 aromatic rings. The maximum Gasteiger partial charge on any atom is 0.191 e. The molecule has 4 nitrogen and oxygen atoms in total. The fraction of sp³-hybridized carbons (Fsp3) is 0.933. The Hall–Kier alpha value is -0.0400. The van der Waals surface area contributed by atoms with Crippen LogP contribution in [0.3, 0.4) is 0 Å². The monoisotopic (exact) mass is 397 g/mol. The van der Waals surface area contributed by atoms with Gasteiger partial charge in [0, 0.05) is 26.7 Å². The Kier molecular flexibility index (Phi) is 11.6. The standard InChI is InChI=1S/C15H31N3O.HI/c1-4-6-11-19-12-10-17-14(16-3)18-13-15(5-2)8-7-9-15;/h4-13H2,1-3H3,(H2,16,17,18);1H. The number of halogens is 1. The number of guanidine groups is 1. The molecule has 0 spiro atoms. The Labute approximate surface area is 141 Å². The van der Waals surface area contributed by atoms with Gasteiger partial charge in [-0.1, -0.05) is 26.7 Å². The molecule has 0 bridgehead atoms. The Morgan fingerprint density at radius 3 is 2.45 bits per heavy atom. The third kappa shape index (κ3) is 7.11. The first kappa shape index (κ1) is 20.0. The second-order valence-corrected chi connectivity index (χ2v) is 5.53. The molecule has 5 heteroatoms. The van der Waals surface area contributed by atoms with E-state index in [4.69, 9.17) is 4.74 Å². The van der Waals surface area contributed by atoms with E-state index >= 15 is 0 Å².